The molecule has 0 bridgehead atoms. The van der Waals surface area contributed by atoms with E-state index in [2.05, 4.69) is 4.72 Å². The van der Waals surface area contributed by atoms with Crippen LogP contribution >= 0.6 is 11.6 Å². The SMILES string of the molecule is O=C(O)c1cc(Cl)ccc1NS(=O)(=O)C1CCCC1. The fourth-order valence-electron chi connectivity index (χ4n) is 2.22. The number of nitrogens with one attached hydrogen (secondary N) is 1. The lowest BCUT2D eigenvalue weighted by Crippen LogP contribution is -2.26. The average Bonchev–Trinajstić information content (AvgIpc) is 2.85. The first-order valence-corrected chi connectivity index (χ1v) is 7.87. The molecule has 0 unspecified atom stereocenters. The minimum atomic E-state index is -3.54. The van der Waals surface area contributed by atoms with E-state index in [1.165, 1.54) is 18.2 Å². The van der Waals surface area contributed by atoms with Crippen molar-refractivity contribution in [2.75, 3.05) is 4.72 Å². The Morgan fingerprint density at radius 3 is 2.53 bits per heavy atom. The summed E-state index contributed by atoms with van der Waals surface area (Å²) in [5, 5.41) is 8.87. The van der Waals surface area contributed by atoms with Crippen molar-refractivity contribution in [3.8, 4) is 0 Å². The molecule has 0 amide bonds. The Bertz CT molecular complexity index is 594. The van der Waals surface area contributed by atoms with Gasteiger partial charge in [0, 0.05) is 5.02 Å². The van der Waals surface area contributed by atoms with Crippen LogP contribution in [0.3, 0.4) is 0 Å². The molecule has 0 heterocycles. The summed E-state index contributed by atoms with van der Waals surface area (Å²) in [6.07, 6.45) is 3.01. The number of hydrogen-bond acceptors (Lipinski definition) is 3. The van der Waals surface area contributed by atoms with Gasteiger partial charge in [-0.1, -0.05) is 24.4 Å². The Kier molecular flexibility index (Phi) is 4.01. The standard InChI is InChI=1S/C12H14ClNO4S/c13-8-5-6-11(10(7-8)12(15)16)14-19(17,18)9-3-1-2-4-9/h5-7,9,14H,1-4H2,(H,15,16). The van der Waals surface area contributed by atoms with Gasteiger partial charge in [-0.15, -0.1) is 0 Å². The van der Waals surface area contributed by atoms with Crippen molar-refractivity contribution in [3.63, 3.8) is 0 Å². The van der Waals surface area contributed by atoms with Gasteiger partial charge >= 0.3 is 5.97 Å². The molecule has 2 rings (SSSR count). The topological polar surface area (TPSA) is 83.5 Å². The van der Waals surface area contributed by atoms with Gasteiger partial charge in [-0.25, -0.2) is 13.2 Å². The van der Waals surface area contributed by atoms with Crippen LogP contribution in [0.25, 0.3) is 0 Å². The highest BCUT2D eigenvalue weighted by atomic mass is 35.5. The minimum absolute atomic E-state index is 0.0591. The molecule has 1 aliphatic carbocycles. The largest absolute Gasteiger partial charge is 0.478 e. The molecule has 1 saturated carbocycles. The third kappa shape index (κ3) is 3.19. The Labute approximate surface area is 116 Å². The first-order valence-electron chi connectivity index (χ1n) is 5.94. The van der Waals surface area contributed by atoms with Crippen molar-refractivity contribution in [2.45, 2.75) is 30.9 Å². The fraction of sp³-hybridized carbons (Fsp3) is 0.417. The van der Waals surface area contributed by atoms with Crippen LogP contribution in [0.2, 0.25) is 5.02 Å². The predicted molar refractivity (Wildman–Crippen MR) is 73.2 cm³/mol. The van der Waals surface area contributed by atoms with Crippen LogP contribution in [-0.2, 0) is 10.0 Å². The van der Waals surface area contributed by atoms with Crippen LogP contribution in [0.15, 0.2) is 18.2 Å². The fourth-order valence-corrected chi connectivity index (χ4v) is 3.99. The van der Waals surface area contributed by atoms with Crippen molar-refractivity contribution < 1.29 is 18.3 Å². The minimum Gasteiger partial charge on any atom is -0.478 e. The molecule has 7 heteroatoms. The van der Waals surface area contributed by atoms with Gasteiger partial charge in [0.05, 0.1) is 16.5 Å². The van der Waals surface area contributed by atoms with Crippen molar-refractivity contribution in [2.24, 2.45) is 0 Å². The summed E-state index contributed by atoms with van der Waals surface area (Å²) in [7, 11) is -3.54. The lowest BCUT2D eigenvalue weighted by atomic mass is 10.2. The average molecular weight is 304 g/mol. The quantitative estimate of drug-likeness (QED) is 0.896. The highest BCUT2D eigenvalue weighted by Crippen LogP contribution is 2.28. The smallest absolute Gasteiger partial charge is 0.337 e. The van der Waals surface area contributed by atoms with Gasteiger partial charge in [0.25, 0.3) is 0 Å². The maximum Gasteiger partial charge on any atom is 0.337 e. The third-order valence-corrected chi connectivity index (χ3v) is 5.29. The van der Waals surface area contributed by atoms with Crippen LogP contribution in [0.1, 0.15) is 36.0 Å². The molecule has 0 aliphatic heterocycles. The number of carboxylic acid groups (broad SMARTS) is 1. The Morgan fingerprint density at radius 2 is 1.95 bits per heavy atom. The predicted octanol–water partition coefficient (Wildman–Crippen LogP) is 2.72. The van der Waals surface area contributed by atoms with E-state index in [1.54, 1.807) is 0 Å². The second-order valence-electron chi connectivity index (χ2n) is 4.55. The number of sulfonamides is 1. The lowest BCUT2D eigenvalue weighted by Gasteiger charge is -2.15. The third-order valence-electron chi connectivity index (χ3n) is 3.21. The van der Waals surface area contributed by atoms with E-state index < -0.39 is 21.2 Å². The number of benzene rings is 1. The van der Waals surface area contributed by atoms with E-state index in [9.17, 15) is 13.2 Å². The zero-order chi connectivity index (χ0) is 14.0. The first-order chi connectivity index (χ1) is 8.90. The van der Waals surface area contributed by atoms with Crippen LogP contribution in [0, 0.1) is 0 Å². The Hall–Kier alpha value is -1.27. The Morgan fingerprint density at radius 1 is 1.32 bits per heavy atom. The maximum atomic E-state index is 12.1. The van der Waals surface area contributed by atoms with Gasteiger partial charge in [-0.2, -0.15) is 0 Å². The molecule has 0 aromatic heterocycles. The molecule has 1 aromatic rings. The van der Waals surface area contributed by atoms with Crippen LogP contribution in [0.4, 0.5) is 5.69 Å². The molecule has 0 spiro atoms. The van der Waals surface area contributed by atoms with Crippen LogP contribution in [-0.4, -0.2) is 24.7 Å². The number of rotatable bonds is 4. The van der Waals surface area contributed by atoms with Gasteiger partial charge in [0.15, 0.2) is 0 Å². The summed E-state index contributed by atoms with van der Waals surface area (Å²) in [5.74, 6) is -1.22. The molecule has 104 valence electrons. The zero-order valence-corrected chi connectivity index (χ0v) is 11.7. The number of anilines is 1. The summed E-state index contributed by atoms with van der Waals surface area (Å²) >= 11 is 5.72. The summed E-state index contributed by atoms with van der Waals surface area (Å²) in [4.78, 5) is 11.1. The van der Waals surface area contributed by atoms with Crippen LogP contribution in [0.5, 0.6) is 0 Å². The van der Waals surface area contributed by atoms with Crippen molar-refractivity contribution >= 4 is 33.3 Å². The van der Waals surface area contributed by atoms with Gasteiger partial charge in [-0.05, 0) is 31.0 Å². The highest BCUT2D eigenvalue weighted by molar-refractivity contribution is 7.93. The van der Waals surface area contributed by atoms with Gasteiger partial charge in [-0.3, -0.25) is 4.72 Å². The summed E-state index contributed by atoms with van der Waals surface area (Å²) < 4.78 is 26.6. The Balaban J connectivity index is 2.30. The van der Waals surface area contributed by atoms with Crippen molar-refractivity contribution in [3.05, 3.63) is 28.8 Å². The second kappa shape index (κ2) is 5.38. The van der Waals surface area contributed by atoms with E-state index in [0.29, 0.717) is 12.8 Å². The molecule has 2 N–H and O–H groups in total. The van der Waals surface area contributed by atoms with E-state index in [1.807, 2.05) is 0 Å². The van der Waals surface area contributed by atoms with Crippen molar-refractivity contribution in [1.82, 2.24) is 0 Å². The van der Waals surface area contributed by atoms with Gasteiger partial charge in [0.2, 0.25) is 10.0 Å². The van der Waals surface area contributed by atoms with E-state index in [0.717, 1.165) is 12.8 Å². The van der Waals surface area contributed by atoms with E-state index in [-0.39, 0.29) is 16.3 Å². The first kappa shape index (κ1) is 14.1. The molecule has 1 aliphatic rings. The molecule has 0 radical (unpaired) electrons. The zero-order valence-electron chi connectivity index (χ0n) is 10.1. The molecular formula is C12H14ClNO4S. The number of halogens is 1. The molecule has 1 fully saturated rings. The summed E-state index contributed by atoms with van der Waals surface area (Å²) in [5.41, 5.74) is -0.0853. The van der Waals surface area contributed by atoms with Crippen LogP contribution < -0.4 is 4.72 Å². The van der Waals surface area contributed by atoms with Gasteiger partial charge < -0.3 is 5.11 Å². The number of carbonyl (C=O) groups is 1. The summed E-state index contributed by atoms with van der Waals surface area (Å²) in [6.45, 7) is 0. The number of hydrogen-bond donors (Lipinski definition) is 2. The van der Waals surface area contributed by atoms with Crippen molar-refractivity contribution in [1.29, 1.82) is 0 Å². The maximum absolute atomic E-state index is 12.1. The number of carboxylic acids is 1. The summed E-state index contributed by atoms with van der Waals surface area (Å²) in [6, 6.07) is 4.06. The normalized spacial score (nSPS) is 16.5. The van der Waals surface area contributed by atoms with Gasteiger partial charge in [0.1, 0.15) is 0 Å². The molecule has 0 atom stereocenters. The number of aromatic carboxylic acids is 1. The van der Waals surface area contributed by atoms with E-state index >= 15 is 0 Å². The molecular weight excluding hydrogens is 290 g/mol. The van der Waals surface area contributed by atoms with E-state index in [4.69, 9.17) is 16.7 Å². The molecule has 5 nitrogen and oxygen atoms in total. The molecule has 1 aromatic carbocycles. The second-order valence-corrected chi connectivity index (χ2v) is 6.95. The lowest BCUT2D eigenvalue weighted by molar-refractivity contribution is 0.0698. The molecule has 19 heavy (non-hydrogen) atoms. The highest BCUT2D eigenvalue weighted by Gasteiger charge is 2.29. The monoisotopic (exact) mass is 303 g/mol. The molecule has 0 saturated heterocycles.